The van der Waals surface area contributed by atoms with Gasteiger partial charge in [0.2, 0.25) is 0 Å². The molecule has 8 aromatic carbocycles. The summed E-state index contributed by atoms with van der Waals surface area (Å²) >= 11 is 2.01. The number of aryl methyl sites for hydroxylation is 1. The first kappa shape index (κ1) is 50.2. The van der Waals surface area contributed by atoms with E-state index in [1.165, 1.54) is 138 Å². The maximum Gasteiger partial charge on any atom is 0.254 e. The highest BCUT2D eigenvalue weighted by Crippen LogP contribution is 2.55. The van der Waals surface area contributed by atoms with Gasteiger partial charge in [-0.2, -0.15) is 0 Å². The molecule has 4 aliphatic rings. The molecule has 0 radical (unpaired) electrons. The summed E-state index contributed by atoms with van der Waals surface area (Å²) in [5, 5.41) is 2.69. The normalized spacial score (nSPS) is 17.7. The third-order valence-electron chi connectivity index (χ3n) is 19.3. The van der Waals surface area contributed by atoms with Crippen LogP contribution < -0.4 is 26.2 Å². The number of hydrogen-bond acceptors (Lipinski definition) is 3. The largest absolute Gasteiger partial charge is 0.311 e. The van der Waals surface area contributed by atoms with Crippen LogP contribution in [0.4, 0.5) is 34.1 Å². The van der Waals surface area contributed by atoms with E-state index in [2.05, 4.69) is 259 Å². The molecule has 388 valence electrons. The fourth-order valence-corrected chi connectivity index (χ4v) is 15.5. The minimum absolute atomic E-state index is 0.0136. The van der Waals surface area contributed by atoms with E-state index in [0.717, 1.165) is 19.3 Å². The Morgan fingerprint density at radius 3 is 1.65 bits per heavy atom. The van der Waals surface area contributed by atoms with Crippen molar-refractivity contribution in [2.45, 2.75) is 162 Å². The van der Waals surface area contributed by atoms with Crippen LogP contribution in [0.15, 0.2) is 146 Å². The molecule has 0 N–H and O–H groups in total. The van der Waals surface area contributed by atoms with E-state index in [9.17, 15) is 0 Å². The van der Waals surface area contributed by atoms with E-state index >= 15 is 0 Å². The van der Waals surface area contributed by atoms with Gasteiger partial charge in [-0.15, -0.1) is 11.3 Å². The van der Waals surface area contributed by atoms with Gasteiger partial charge < -0.3 is 9.80 Å². The maximum absolute atomic E-state index is 2.74. The second kappa shape index (κ2) is 16.8. The van der Waals surface area contributed by atoms with Crippen LogP contribution in [-0.2, 0) is 32.5 Å². The third kappa shape index (κ3) is 7.76. The molecule has 0 amide bonds. The molecule has 3 heterocycles. The van der Waals surface area contributed by atoms with Gasteiger partial charge in [-0.05, 0) is 197 Å². The minimum Gasteiger partial charge on any atom is -0.311 e. The number of benzene rings is 8. The molecule has 1 aromatic heterocycles. The molecule has 13 rings (SSSR count). The van der Waals surface area contributed by atoms with Gasteiger partial charge in [-0.3, -0.25) is 0 Å². The first-order valence-corrected chi connectivity index (χ1v) is 29.5. The van der Waals surface area contributed by atoms with Crippen molar-refractivity contribution in [1.29, 1.82) is 0 Å². The molecule has 0 unspecified atom stereocenters. The van der Waals surface area contributed by atoms with E-state index in [4.69, 9.17) is 0 Å². The average molecular weight is 1030 g/mol. The number of anilines is 6. The third-order valence-corrected chi connectivity index (χ3v) is 20.5. The maximum atomic E-state index is 2.74. The summed E-state index contributed by atoms with van der Waals surface area (Å²) in [6.07, 6.45) is 4.66. The predicted molar refractivity (Wildman–Crippen MR) is 337 cm³/mol. The number of hydrogen-bond donors (Lipinski definition) is 0. The quantitative estimate of drug-likeness (QED) is 0.162. The molecule has 0 saturated carbocycles. The molecule has 0 atom stereocenters. The van der Waals surface area contributed by atoms with Crippen LogP contribution in [0.25, 0.3) is 42.4 Å². The SMILES string of the molecule is Cc1ccccc1-c1cc2c3c(c1)N(c1ccc(C(C)(C)C)cc1-c1ccccc1)c1ccc4c(sc5cc(C(C)(C)C)ccc54)c1B3c1cc3c(cc1N2c1ccc2c(c1)C(C)(C)CCC2(C)C)C(C)(C)CCC3(C)C. The van der Waals surface area contributed by atoms with Crippen LogP contribution in [0.5, 0.6) is 0 Å². The molecule has 4 heteroatoms. The van der Waals surface area contributed by atoms with E-state index in [-0.39, 0.29) is 39.2 Å². The lowest BCUT2D eigenvalue weighted by atomic mass is 9.33. The summed E-state index contributed by atoms with van der Waals surface area (Å²) in [6.45, 7) is 36.2. The predicted octanol–water partition coefficient (Wildman–Crippen LogP) is 19.1. The first-order chi connectivity index (χ1) is 36.3. The Labute approximate surface area is 464 Å². The minimum atomic E-state index is -0.0459. The molecule has 0 bridgehead atoms. The molecule has 0 fully saturated rings. The molecule has 2 nitrogen and oxygen atoms in total. The lowest BCUT2D eigenvalue weighted by molar-refractivity contribution is 0.332. The van der Waals surface area contributed by atoms with Crippen molar-refractivity contribution in [3.8, 4) is 22.3 Å². The van der Waals surface area contributed by atoms with Gasteiger partial charge in [0.1, 0.15) is 0 Å². The van der Waals surface area contributed by atoms with Crippen molar-refractivity contribution in [2.75, 3.05) is 9.80 Å². The van der Waals surface area contributed by atoms with Crippen molar-refractivity contribution in [2.24, 2.45) is 0 Å². The Kier molecular flexibility index (Phi) is 11.0. The first-order valence-electron chi connectivity index (χ1n) is 28.7. The standard InChI is InChI=1S/C73H77BN2S/c1-44-21-19-20-24-50(44)46-37-62-65-63(38-46)76(59-31-26-47(68(2,3)4)39-53(59)45-22-17-16-18-23-45)60-32-29-52-51-28-25-48(69(5,6)7)40-64(51)77-67(52)66(60)74(65)58-42-56-57(73(14,15)36-35-72(56,12)13)43-61(58)75(62)49-27-30-54-55(41-49)71(10,11)34-33-70(54,8)9/h16-32,37-43H,33-36H2,1-15H3. The van der Waals surface area contributed by atoms with Crippen molar-refractivity contribution in [1.82, 2.24) is 0 Å². The van der Waals surface area contributed by atoms with Gasteiger partial charge in [0, 0.05) is 48.8 Å². The number of thiophene rings is 1. The summed E-state index contributed by atoms with van der Waals surface area (Å²) in [6, 6.07) is 58.0. The van der Waals surface area contributed by atoms with Crippen molar-refractivity contribution in [3.05, 3.63) is 185 Å². The van der Waals surface area contributed by atoms with E-state index in [1.807, 2.05) is 11.3 Å². The summed E-state index contributed by atoms with van der Waals surface area (Å²) < 4.78 is 2.75. The second-order valence-corrected chi connectivity index (χ2v) is 29.4. The van der Waals surface area contributed by atoms with Crippen molar-refractivity contribution >= 4 is 88.7 Å². The fourth-order valence-electron chi connectivity index (χ4n) is 14.2. The van der Waals surface area contributed by atoms with Crippen molar-refractivity contribution in [3.63, 3.8) is 0 Å². The zero-order valence-corrected chi connectivity index (χ0v) is 49.4. The van der Waals surface area contributed by atoms with Gasteiger partial charge in [0.05, 0.1) is 5.69 Å². The van der Waals surface area contributed by atoms with Gasteiger partial charge >= 0.3 is 0 Å². The van der Waals surface area contributed by atoms with Gasteiger partial charge in [-0.1, -0.05) is 188 Å². The Bertz CT molecular complexity index is 3920. The van der Waals surface area contributed by atoms with Crippen LogP contribution in [0.1, 0.15) is 162 Å². The Hall–Kier alpha value is -6.36. The molecule has 2 aliphatic carbocycles. The molecular formula is C73H77BN2S. The smallest absolute Gasteiger partial charge is 0.254 e. The van der Waals surface area contributed by atoms with E-state index < -0.39 is 0 Å². The topological polar surface area (TPSA) is 6.48 Å². The van der Waals surface area contributed by atoms with Crippen LogP contribution in [0.3, 0.4) is 0 Å². The molecule has 2 aliphatic heterocycles. The van der Waals surface area contributed by atoms with Gasteiger partial charge in [0.25, 0.3) is 6.71 Å². The summed E-state index contributed by atoms with van der Waals surface area (Å²) in [7, 11) is 0. The Balaban J connectivity index is 1.22. The second-order valence-electron chi connectivity index (χ2n) is 28.4. The number of nitrogens with zero attached hydrogens (tertiary/aromatic N) is 2. The van der Waals surface area contributed by atoms with Crippen molar-refractivity contribution < 1.29 is 0 Å². The molecular weight excluding hydrogens is 948 g/mol. The van der Waals surface area contributed by atoms with Crippen LogP contribution in [0, 0.1) is 6.92 Å². The van der Waals surface area contributed by atoms with Crippen LogP contribution in [0.2, 0.25) is 0 Å². The highest BCUT2D eigenvalue weighted by molar-refractivity contribution is 7.28. The summed E-state index contributed by atoms with van der Waals surface area (Å²) in [5.74, 6) is 0. The average Bonchev–Trinajstić information content (AvgIpc) is 3.79. The zero-order chi connectivity index (χ0) is 54.1. The number of fused-ring (bicyclic) bond motifs is 10. The highest BCUT2D eigenvalue weighted by atomic mass is 32.1. The van der Waals surface area contributed by atoms with Crippen LogP contribution >= 0.6 is 11.3 Å². The monoisotopic (exact) mass is 1020 g/mol. The lowest BCUT2D eigenvalue weighted by Gasteiger charge is -2.48. The van der Waals surface area contributed by atoms with Gasteiger partial charge in [-0.25, -0.2) is 0 Å². The molecule has 9 aromatic rings. The Morgan fingerprint density at radius 2 is 0.987 bits per heavy atom. The molecule has 77 heavy (non-hydrogen) atoms. The number of rotatable bonds is 4. The van der Waals surface area contributed by atoms with Gasteiger partial charge in [0.15, 0.2) is 0 Å². The highest BCUT2D eigenvalue weighted by Gasteiger charge is 2.48. The molecule has 0 saturated heterocycles. The molecule has 0 spiro atoms. The summed E-state index contributed by atoms with van der Waals surface area (Å²) in [4.78, 5) is 5.45. The summed E-state index contributed by atoms with van der Waals surface area (Å²) in [5.41, 5.74) is 26.8. The van der Waals surface area contributed by atoms with Crippen LogP contribution in [-0.4, -0.2) is 6.71 Å². The Morgan fingerprint density at radius 1 is 0.429 bits per heavy atom. The van der Waals surface area contributed by atoms with E-state index in [0.29, 0.717) is 0 Å². The fraction of sp³-hybridized carbons (Fsp3) is 0.342. The lowest BCUT2D eigenvalue weighted by Crippen LogP contribution is -2.62. The van der Waals surface area contributed by atoms with E-state index in [1.54, 1.807) is 0 Å². The zero-order valence-electron chi connectivity index (χ0n) is 48.6.